The highest BCUT2D eigenvalue weighted by Crippen LogP contribution is 2.19. The number of amides is 2. The second-order valence-corrected chi connectivity index (χ2v) is 7.67. The predicted octanol–water partition coefficient (Wildman–Crippen LogP) is 1.56. The number of ketones is 1. The number of rotatable bonds is 12. The summed E-state index contributed by atoms with van der Waals surface area (Å²) in [6.07, 6.45) is -0.0310. The molecule has 0 radical (unpaired) electrons. The Bertz CT molecular complexity index is 577. The fourth-order valence-corrected chi connectivity index (χ4v) is 3.17. The van der Waals surface area contributed by atoms with Crippen LogP contribution in [-0.4, -0.2) is 64.6 Å². The third-order valence-electron chi connectivity index (χ3n) is 4.30. The summed E-state index contributed by atoms with van der Waals surface area (Å²) in [7, 11) is 0. The second kappa shape index (κ2) is 13.3. The Morgan fingerprint density at radius 3 is 2.04 bits per heavy atom. The van der Waals surface area contributed by atoms with E-state index in [0.717, 1.165) is 0 Å². The zero-order valence-electron chi connectivity index (χ0n) is 17.6. The van der Waals surface area contributed by atoms with E-state index in [9.17, 15) is 24.0 Å². The molecule has 0 aliphatic carbocycles. The van der Waals surface area contributed by atoms with E-state index < -0.39 is 34.6 Å². The topological polar surface area (TPSA) is 110 Å². The summed E-state index contributed by atoms with van der Waals surface area (Å²) in [6.45, 7) is 11.5. The number of ether oxygens (including phenoxy) is 1. The molecule has 0 aromatic carbocycles. The van der Waals surface area contributed by atoms with Gasteiger partial charge in [0.05, 0.1) is 6.61 Å². The van der Waals surface area contributed by atoms with Gasteiger partial charge in [0.2, 0.25) is 17.6 Å². The third-order valence-corrected chi connectivity index (χ3v) is 5.38. The number of likely N-dealkylation sites (N-methyl/N-ethyl adjacent to an activating group) is 1. The van der Waals surface area contributed by atoms with Crippen LogP contribution in [0.4, 0.5) is 0 Å². The number of Topliss-reactive ketones (excluding diaryl/α,β-unsaturated/α-hetero) is 1. The zero-order valence-corrected chi connectivity index (χ0v) is 18.4. The maximum atomic E-state index is 12.8. The van der Waals surface area contributed by atoms with E-state index in [1.165, 1.54) is 0 Å². The molecule has 3 atom stereocenters. The summed E-state index contributed by atoms with van der Waals surface area (Å²) in [5.74, 6) is -2.55. The van der Waals surface area contributed by atoms with E-state index >= 15 is 0 Å². The van der Waals surface area contributed by atoms with Crippen molar-refractivity contribution in [2.75, 3.05) is 19.7 Å². The number of carbonyl (C=O) groups is 5. The van der Waals surface area contributed by atoms with Crippen molar-refractivity contribution >= 4 is 40.4 Å². The van der Waals surface area contributed by atoms with Crippen molar-refractivity contribution in [3.63, 3.8) is 0 Å². The SMILES string of the molecule is CCOC(=O)CC(=O)C(=O)SC(C)C(NC(=O)C(C)CC)C(=O)N(CC)CC. The molecule has 0 bridgehead atoms. The van der Waals surface area contributed by atoms with E-state index in [4.69, 9.17) is 0 Å². The minimum Gasteiger partial charge on any atom is -0.466 e. The maximum Gasteiger partial charge on any atom is 0.313 e. The highest BCUT2D eigenvalue weighted by molar-refractivity contribution is 8.16. The van der Waals surface area contributed by atoms with Crippen molar-refractivity contribution in [2.24, 2.45) is 5.92 Å². The Morgan fingerprint density at radius 2 is 1.57 bits per heavy atom. The number of nitrogens with zero attached hydrogens (tertiary/aromatic N) is 1. The first-order chi connectivity index (χ1) is 13.1. The first-order valence-corrected chi connectivity index (χ1v) is 10.5. The van der Waals surface area contributed by atoms with Gasteiger partial charge >= 0.3 is 5.97 Å². The fraction of sp³-hybridized carbons (Fsp3) is 0.737. The maximum absolute atomic E-state index is 12.8. The summed E-state index contributed by atoms with van der Waals surface area (Å²) >= 11 is 0.645. The quantitative estimate of drug-likeness (QED) is 0.292. The predicted molar refractivity (Wildman–Crippen MR) is 108 cm³/mol. The molecule has 0 fully saturated rings. The molecule has 1 N–H and O–H groups in total. The van der Waals surface area contributed by atoms with Crippen LogP contribution in [0.2, 0.25) is 0 Å². The Labute approximate surface area is 171 Å². The minimum absolute atomic E-state index is 0.117. The molecule has 0 aliphatic rings. The van der Waals surface area contributed by atoms with E-state index in [-0.39, 0.29) is 24.3 Å². The minimum atomic E-state index is -0.953. The van der Waals surface area contributed by atoms with Gasteiger partial charge in [-0.2, -0.15) is 0 Å². The van der Waals surface area contributed by atoms with Crippen LogP contribution in [0.15, 0.2) is 0 Å². The van der Waals surface area contributed by atoms with Gasteiger partial charge in [0.15, 0.2) is 0 Å². The smallest absolute Gasteiger partial charge is 0.313 e. The molecule has 9 heteroatoms. The van der Waals surface area contributed by atoms with Crippen LogP contribution < -0.4 is 5.32 Å². The molecular formula is C19H32N2O6S. The summed E-state index contributed by atoms with van der Waals surface area (Å²) in [5, 5.41) is 1.20. The number of hydrogen-bond acceptors (Lipinski definition) is 7. The molecule has 0 aromatic heterocycles. The van der Waals surface area contributed by atoms with Crippen molar-refractivity contribution in [3.8, 4) is 0 Å². The number of hydrogen-bond donors (Lipinski definition) is 1. The lowest BCUT2D eigenvalue weighted by molar-refractivity contribution is -0.147. The molecule has 0 aliphatic heterocycles. The molecule has 0 spiro atoms. The van der Waals surface area contributed by atoms with Crippen molar-refractivity contribution in [1.82, 2.24) is 10.2 Å². The highest BCUT2D eigenvalue weighted by atomic mass is 32.2. The van der Waals surface area contributed by atoms with Gasteiger partial charge in [-0.1, -0.05) is 32.5 Å². The van der Waals surface area contributed by atoms with E-state index in [1.807, 2.05) is 20.8 Å². The Balaban J connectivity index is 5.28. The molecule has 2 amide bonds. The van der Waals surface area contributed by atoms with Gasteiger partial charge in [-0.25, -0.2) is 0 Å². The lowest BCUT2D eigenvalue weighted by Gasteiger charge is -2.29. The number of thioether (sulfide) groups is 1. The molecule has 0 aromatic rings. The zero-order chi connectivity index (χ0) is 21.9. The van der Waals surface area contributed by atoms with Crippen LogP contribution in [0, 0.1) is 5.92 Å². The van der Waals surface area contributed by atoms with Crippen LogP contribution in [0.3, 0.4) is 0 Å². The normalized spacial score (nSPS) is 13.8. The Morgan fingerprint density at radius 1 is 1.00 bits per heavy atom. The van der Waals surface area contributed by atoms with Crippen molar-refractivity contribution < 1.29 is 28.7 Å². The molecule has 28 heavy (non-hydrogen) atoms. The molecule has 0 saturated carbocycles. The summed E-state index contributed by atoms with van der Waals surface area (Å²) in [5.41, 5.74) is 0. The molecule has 8 nitrogen and oxygen atoms in total. The first kappa shape index (κ1) is 26.1. The highest BCUT2D eigenvalue weighted by Gasteiger charge is 2.34. The van der Waals surface area contributed by atoms with Crippen molar-refractivity contribution in [1.29, 1.82) is 0 Å². The summed E-state index contributed by atoms with van der Waals surface area (Å²) < 4.78 is 4.67. The molecule has 0 rings (SSSR count). The lowest BCUT2D eigenvalue weighted by atomic mass is 10.1. The van der Waals surface area contributed by atoms with Crippen LogP contribution in [0.1, 0.15) is 54.4 Å². The largest absolute Gasteiger partial charge is 0.466 e. The molecule has 160 valence electrons. The first-order valence-electron chi connectivity index (χ1n) is 9.61. The van der Waals surface area contributed by atoms with Crippen LogP contribution in [-0.2, 0) is 28.7 Å². The monoisotopic (exact) mass is 416 g/mol. The molecule has 3 unspecified atom stereocenters. The van der Waals surface area contributed by atoms with Crippen LogP contribution in [0.25, 0.3) is 0 Å². The summed E-state index contributed by atoms with van der Waals surface area (Å²) in [4.78, 5) is 62.2. The third kappa shape index (κ3) is 8.41. The van der Waals surface area contributed by atoms with Crippen molar-refractivity contribution in [3.05, 3.63) is 0 Å². The fourth-order valence-electron chi connectivity index (χ4n) is 2.31. The number of carbonyl (C=O) groups excluding carboxylic acids is 5. The molecule has 0 heterocycles. The Kier molecular flexibility index (Phi) is 12.4. The van der Waals surface area contributed by atoms with Gasteiger partial charge in [0.25, 0.3) is 5.12 Å². The van der Waals surface area contributed by atoms with Gasteiger partial charge < -0.3 is 15.0 Å². The van der Waals surface area contributed by atoms with Crippen molar-refractivity contribution in [2.45, 2.75) is 65.7 Å². The van der Waals surface area contributed by atoms with Gasteiger partial charge in [-0.3, -0.25) is 24.0 Å². The second-order valence-electron chi connectivity index (χ2n) is 6.32. The van der Waals surface area contributed by atoms with Gasteiger partial charge in [-0.15, -0.1) is 0 Å². The lowest BCUT2D eigenvalue weighted by Crippen LogP contribution is -2.54. The Hall–Kier alpha value is -1.90. The van der Waals surface area contributed by atoms with E-state index in [0.29, 0.717) is 31.3 Å². The average molecular weight is 417 g/mol. The molecular weight excluding hydrogens is 384 g/mol. The van der Waals surface area contributed by atoms with Crippen LogP contribution in [0.5, 0.6) is 0 Å². The number of nitrogens with one attached hydrogen (secondary N) is 1. The standard InChI is InChI=1S/C19H32N2O6S/c1-7-12(5)17(24)20-16(18(25)21(8-2)9-3)13(6)28-19(26)14(22)11-15(23)27-10-4/h12-13,16H,7-11H2,1-6H3,(H,20,24). The van der Waals surface area contributed by atoms with Gasteiger partial charge in [-0.05, 0) is 27.2 Å². The van der Waals surface area contributed by atoms with Crippen LogP contribution >= 0.6 is 11.8 Å². The molecule has 0 saturated heterocycles. The average Bonchev–Trinajstić information content (AvgIpc) is 2.65. The van der Waals surface area contributed by atoms with E-state index in [2.05, 4.69) is 10.1 Å². The van der Waals surface area contributed by atoms with Gasteiger partial charge in [0, 0.05) is 24.3 Å². The number of esters is 1. The van der Waals surface area contributed by atoms with E-state index in [1.54, 1.807) is 25.7 Å². The summed E-state index contributed by atoms with van der Waals surface area (Å²) in [6, 6.07) is -0.953. The van der Waals surface area contributed by atoms with Gasteiger partial charge in [0.1, 0.15) is 12.5 Å².